The lowest BCUT2D eigenvalue weighted by molar-refractivity contribution is -0.432. The zero-order chi connectivity index (χ0) is 50.9. The predicted octanol–water partition coefficient (Wildman–Crippen LogP) is 7.92. The van der Waals surface area contributed by atoms with Crippen LogP contribution in [-0.4, -0.2) is 137 Å². The Morgan fingerprint density at radius 1 is 0.667 bits per heavy atom. The van der Waals surface area contributed by atoms with Gasteiger partial charge in [0.1, 0.15) is 49.1 Å². The molecule has 398 valence electrons. The first-order valence-electron chi connectivity index (χ1n) is 25.8. The van der Waals surface area contributed by atoms with E-state index in [9.17, 15) is 19.2 Å². The van der Waals surface area contributed by atoms with Crippen molar-refractivity contribution in [2.45, 2.75) is 206 Å². The second kappa shape index (κ2) is 35.6. The number of carbonyl (C=O) groups excluding carboxylic acids is 4. The van der Waals surface area contributed by atoms with Gasteiger partial charge in [-0.1, -0.05) is 110 Å². The summed E-state index contributed by atoms with van der Waals surface area (Å²) in [5.41, 5.74) is 0.719. The summed E-state index contributed by atoms with van der Waals surface area (Å²) in [5, 5.41) is 10.6. The van der Waals surface area contributed by atoms with E-state index in [1.807, 2.05) is 47.6 Å². The third-order valence-corrected chi connectivity index (χ3v) is 11.6. The normalized spacial score (nSPS) is 20.7. The summed E-state index contributed by atoms with van der Waals surface area (Å²) in [5.74, 6) is -8.32. The molecule has 18 heteroatoms. The van der Waals surface area contributed by atoms with Crippen LogP contribution in [0.4, 0.5) is 13.6 Å². The summed E-state index contributed by atoms with van der Waals surface area (Å²) < 4.78 is 84.2. The van der Waals surface area contributed by atoms with Gasteiger partial charge in [0.2, 0.25) is 11.8 Å². The fraction of sp³-hybridized carbons (Fsp3) is 0.804. The van der Waals surface area contributed by atoms with Crippen molar-refractivity contribution in [3.8, 4) is 0 Å². The van der Waals surface area contributed by atoms with E-state index in [4.69, 9.17) is 37.9 Å². The summed E-state index contributed by atoms with van der Waals surface area (Å²) in [6.07, 6.45) is 3.92. The number of amides is 3. The van der Waals surface area contributed by atoms with Crippen LogP contribution in [-0.2, 0) is 58.9 Å². The Hall–Kier alpha value is -3.52. The van der Waals surface area contributed by atoms with Crippen LogP contribution in [0.1, 0.15) is 151 Å². The molecule has 1 aliphatic rings. The fourth-order valence-electron chi connectivity index (χ4n) is 7.28. The molecule has 1 heterocycles. The van der Waals surface area contributed by atoms with Crippen LogP contribution in [0.2, 0.25) is 0 Å². The third kappa shape index (κ3) is 22.2. The van der Waals surface area contributed by atoms with Crippen LogP contribution in [0.25, 0.3) is 0 Å². The van der Waals surface area contributed by atoms with E-state index in [-0.39, 0.29) is 52.4 Å². The van der Waals surface area contributed by atoms with Crippen molar-refractivity contribution in [1.29, 1.82) is 0 Å². The minimum Gasteiger partial charge on any atom is -0.464 e. The minimum absolute atomic E-state index is 0.0242. The predicted molar refractivity (Wildman–Crippen MR) is 260 cm³/mol. The standard InChI is InChI=1S/C51H88F2N4O12/c1-9-15-29-62-36-42-43(63-30-16-10-2)44(64-31-17-11-3)45(65-32-18-12-4)51(69-42,68-34-20-14-6)50(52,53)37-54-28-24-27-41(57-49(61)67-35-40-25-22-21-23-26-40)47(59)55-38(7)46(58)56-39(8)48(60)66-33-19-13-5/h21-23,25-26,38-39,41-45,54H,9-20,24,27-37H2,1-8H3,(H,55,59)(H,56,58)(H,57,61)/t38-,39-,41-,42+,43-,44-,45+,51+/m0/s1. The molecule has 16 nitrogen and oxygen atoms in total. The van der Waals surface area contributed by atoms with Gasteiger partial charge in [0.05, 0.1) is 26.4 Å². The van der Waals surface area contributed by atoms with Gasteiger partial charge < -0.3 is 59.2 Å². The Morgan fingerprint density at radius 3 is 1.87 bits per heavy atom. The maximum absolute atomic E-state index is 17.6. The molecule has 0 unspecified atom stereocenters. The summed E-state index contributed by atoms with van der Waals surface area (Å²) in [7, 11) is 0. The first kappa shape index (κ1) is 61.6. The smallest absolute Gasteiger partial charge is 0.408 e. The molecule has 1 saturated heterocycles. The van der Waals surface area contributed by atoms with Crippen LogP contribution in [0.3, 0.4) is 0 Å². The van der Waals surface area contributed by atoms with Gasteiger partial charge in [-0.15, -0.1) is 0 Å². The average Bonchev–Trinajstić information content (AvgIpc) is 3.33. The van der Waals surface area contributed by atoms with Crippen molar-refractivity contribution in [3.05, 3.63) is 35.9 Å². The van der Waals surface area contributed by atoms with E-state index in [1.165, 1.54) is 13.8 Å². The number of alkyl carbamates (subject to hydrolysis) is 1. The van der Waals surface area contributed by atoms with E-state index in [0.717, 1.165) is 50.5 Å². The summed E-state index contributed by atoms with van der Waals surface area (Å²) >= 11 is 0. The maximum atomic E-state index is 17.6. The van der Waals surface area contributed by atoms with Gasteiger partial charge in [0.25, 0.3) is 5.79 Å². The highest BCUT2D eigenvalue weighted by Crippen LogP contribution is 2.46. The van der Waals surface area contributed by atoms with Crippen molar-refractivity contribution >= 4 is 23.9 Å². The molecule has 1 aromatic carbocycles. The van der Waals surface area contributed by atoms with E-state index >= 15 is 8.78 Å². The van der Waals surface area contributed by atoms with Gasteiger partial charge in [0.15, 0.2) is 0 Å². The number of nitrogens with one attached hydrogen (secondary N) is 4. The third-order valence-electron chi connectivity index (χ3n) is 11.6. The number of esters is 1. The van der Waals surface area contributed by atoms with Crippen LogP contribution in [0.5, 0.6) is 0 Å². The SMILES string of the molecule is CCCCOC[C@H]1O[C@@](OCCCC)(C(F)(F)CNCCC[C@H](NC(=O)OCc2ccccc2)C(=O)N[C@@H](C)C(=O)N[C@@H](C)C(=O)OCCCC)[C@H](OCCCC)[C@@H](OCCCC)[C@H]1OCCCC. The van der Waals surface area contributed by atoms with Gasteiger partial charge in [-0.2, -0.15) is 8.78 Å². The zero-order valence-electron chi connectivity index (χ0n) is 43.1. The second-order valence-corrected chi connectivity index (χ2v) is 17.7. The number of hydrogen-bond donors (Lipinski definition) is 4. The number of ether oxygens (including phenoxy) is 8. The Morgan fingerprint density at radius 2 is 1.23 bits per heavy atom. The molecule has 0 aliphatic carbocycles. The molecule has 1 aromatic rings. The Bertz CT molecular complexity index is 1550. The van der Waals surface area contributed by atoms with Crippen LogP contribution < -0.4 is 21.3 Å². The Balaban J connectivity index is 2.40. The maximum Gasteiger partial charge on any atom is 0.408 e. The molecule has 0 spiro atoms. The molecule has 4 N–H and O–H groups in total. The molecule has 8 atom stereocenters. The molecular formula is C51H88F2N4O12. The highest BCUT2D eigenvalue weighted by atomic mass is 19.3. The van der Waals surface area contributed by atoms with Crippen molar-refractivity contribution in [2.75, 3.05) is 59.3 Å². The molecule has 0 aromatic heterocycles. The molecule has 1 fully saturated rings. The van der Waals surface area contributed by atoms with Crippen molar-refractivity contribution in [1.82, 2.24) is 21.3 Å². The van der Waals surface area contributed by atoms with E-state index in [0.29, 0.717) is 51.9 Å². The fourth-order valence-corrected chi connectivity index (χ4v) is 7.28. The minimum atomic E-state index is -3.72. The molecular weight excluding hydrogens is 899 g/mol. The van der Waals surface area contributed by atoms with Gasteiger partial charge in [0, 0.05) is 26.4 Å². The lowest BCUT2D eigenvalue weighted by Gasteiger charge is -2.54. The number of halogens is 2. The number of rotatable bonds is 39. The molecule has 0 radical (unpaired) electrons. The topological polar surface area (TPSA) is 190 Å². The van der Waals surface area contributed by atoms with Crippen molar-refractivity contribution in [3.63, 3.8) is 0 Å². The number of unbranched alkanes of at least 4 members (excludes halogenated alkanes) is 6. The quantitative estimate of drug-likeness (QED) is 0.0368. The number of carbonyl (C=O) groups is 4. The molecule has 0 saturated carbocycles. The first-order valence-corrected chi connectivity index (χ1v) is 25.8. The molecule has 1 aliphatic heterocycles. The van der Waals surface area contributed by atoms with Gasteiger partial charge in [-0.3, -0.25) is 9.59 Å². The molecule has 69 heavy (non-hydrogen) atoms. The van der Waals surface area contributed by atoms with Crippen molar-refractivity contribution < 1.29 is 65.9 Å². The van der Waals surface area contributed by atoms with Crippen molar-refractivity contribution in [2.24, 2.45) is 0 Å². The second-order valence-electron chi connectivity index (χ2n) is 17.7. The summed E-state index contributed by atoms with van der Waals surface area (Å²) in [6, 6.07) is 5.63. The zero-order valence-corrected chi connectivity index (χ0v) is 43.1. The van der Waals surface area contributed by atoms with Gasteiger partial charge >= 0.3 is 18.0 Å². The largest absolute Gasteiger partial charge is 0.464 e. The Labute approximate surface area is 411 Å². The number of benzene rings is 1. The lowest BCUT2D eigenvalue weighted by Crippen LogP contribution is -2.75. The highest BCUT2D eigenvalue weighted by molar-refractivity contribution is 5.92. The lowest BCUT2D eigenvalue weighted by atomic mass is 9.87. The first-order chi connectivity index (χ1) is 33.2. The van der Waals surface area contributed by atoms with E-state index in [1.54, 1.807) is 24.3 Å². The van der Waals surface area contributed by atoms with E-state index in [2.05, 4.69) is 21.3 Å². The van der Waals surface area contributed by atoms with Crippen LogP contribution >= 0.6 is 0 Å². The van der Waals surface area contributed by atoms with Gasteiger partial charge in [-0.05, 0) is 77.3 Å². The Kier molecular flexibility index (Phi) is 31.7. The van der Waals surface area contributed by atoms with Crippen LogP contribution in [0.15, 0.2) is 30.3 Å². The summed E-state index contributed by atoms with van der Waals surface area (Å²) in [4.78, 5) is 52.2. The number of alkyl halides is 2. The monoisotopic (exact) mass is 987 g/mol. The number of hydrogen-bond acceptors (Lipinski definition) is 13. The molecule has 3 amide bonds. The molecule has 0 bridgehead atoms. The average molecular weight is 987 g/mol. The van der Waals surface area contributed by atoms with Gasteiger partial charge in [-0.25, -0.2) is 9.59 Å². The highest BCUT2D eigenvalue weighted by Gasteiger charge is 2.69. The summed E-state index contributed by atoms with van der Waals surface area (Å²) in [6.45, 7) is 15.3. The van der Waals surface area contributed by atoms with Crippen LogP contribution in [0, 0.1) is 0 Å². The molecule has 2 rings (SSSR count). The van der Waals surface area contributed by atoms with E-state index < -0.39 is 84.7 Å².